The van der Waals surface area contributed by atoms with Crippen LogP contribution in [-0.4, -0.2) is 73.0 Å². The molecule has 0 aromatic heterocycles. The first kappa shape index (κ1) is 22.6. The van der Waals surface area contributed by atoms with E-state index in [9.17, 15) is 14.0 Å². The smallest absolute Gasteiger partial charge is 0.251 e. The molecule has 2 N–H and O–H groups in total. The summed E-state index contributed by atoms with van der Waals surface area (Å²) < 4.78 is 13.1. The van der Waals surface area contributed by atoms with Crippen LogP contribution in [0.15, 0.2) is 24.3 Å². The standard InChI is InChI=1S/C20H29FN4O2.ClH/c1-14(2)18(23-19(26)15-3-5-16(21)6-4-15)20(27)25-10-7-17(13-25)24-11-8-22-9-12-24;/h3-6,14,17-18,22H,7-13H2,1-2H3,(H,23,26);1H. The molecule has 28 heavy (non-hydrogen) atoms. The number of halogens is 2. The monoisotopic (exact) mass is 412 g/mol. The van der Waals surface area contributed by atoms with Crippen LogP contribution >= 0.6 is 12.4 Å². The average molecular weight is 413 g/mol. The molecule has 2 aliphatic rings. The van der Waals surface area contributed by atoms with Crippen molar-refractivity contribution in [2.75, 3.05) is 39.3 Å². The molecule has 2 amide bonds. The van der Waals surface area contributed by atoms with Crippen molar-refractivity contribution < 1.29 is 14.0 Å². The number of likely N-dealkylation sites (tertiary alicyclic amines) is 1. The highest BCUT2D eigenvalue weighted by molar-refractivity contribution is 5.97. The molecule has 6 nitrogen and oxygen atoms in total. The van der Waals surface area contributed by atoms with Crippen molar-refractivity contribution in [1.82, 2.24) is 20.4 Å². The summed E-state index contributed by atoms with van der Waals surface area (Å²) >= 11 is 0. The molecule has 2 aliphatic heterocycles. The Morgan fingerprint density at radius 2 is 1.79 bits per heavy atom. The van der Waals surface area contributed by atoms with Crippen molar-refractivity contribution in [1.29, 1.82) is 0 Å². The Bertz CT molecular complexity index is 665. The summed E-state index contributed by atoms with van der Waals surface area (Å²) in [5.74, 6) is -0.794. The number of nitrogens with one attached hydrogen (secondary N) is 2. The molecule has 2 saturated heterocycles. The van der Waals surface area contributed by atoms with E-state index in [0.717, 1.165) is 39.1 Å². The van der Waals surface area contributed by atoms with E-state index in [4.69, 9.17) is 0 Å². The lowest BCUT2D eigenvalue weighted by Crippen LogP contribution is -2.52. The normalized spacial score (nSPS) is 21.3. The molecular weight excluding hydrogens is 383 g/mol. The van der Waals surface area contributed by atoms with Gasteiger partial charge in [0.2, 0.25) is 5.91 Å². The first-order valence-corrected chi connectivity index (χ1v) is 9.75. The molecule has 1 aromatic carbocycles. The molecule has 0 saturated carbocycles. The van der Waals surface area contributed by atoms with E-state index in [0.29, 0.717) is 18.2 Å². The van der Waals surface area contributed by atoms with Crippen molar-refractivity contribution in [3.05, 3.63) is 35.6 Å². The third-order valence-corrected chi connectivity index (χ3v) is 5.47. The highest BCUT2D eigenvalue weighted by atomic mass is 35.5. The number of carbonyl (C=O) groups is 2. The van der Waals surface area contributed by atoms with Crippen molar-refractivity contribution in [2.45, 2.75) is 32.4 Å². The molecule has 2 fully saturated rings. The SMILES string of the molecule is CC(C)C(NC(=O)c1ccc(F)cc1)C(=O)N1CCC(N2CCNCC2)C1.Cl. The molecule has 2 heterocycles. The van der Waals surface area contributed by atoms with Crippen LogP contribution in [0.2, 0.25) is 0 Å². The maximum Gasteiger partial charge on any atom is 0.251 e. The van der Waals surface area contributed by atoms with Gasteiger partial charge in [0.25, 0.3) is 5.91 Å². The second-order valence-corrected chi connectivity index (χ2v) is 7.71. The van der Waals surface area contributed by atoms with Gasteiger partial charge in [0.05, 0.1) is 0 Å². The number of nitrogens with zero attached hydrogens (tertiary/aromatic N) is 2. The second-order valence-electron chi connectivity index (χ2n) is 7.71. The van der Waals surface area contributed by atoms with Crippen LogP contribution in [0.4, 0.5) is 4.39 Å². The quantitative estimate of drug-likeness (QED) is 0.769. The van der Waals surface area contributed by atoms with Crippen LogP contribution in [0.25, 0.3) is 0 Å². The maximum atomic E-state index is 13.1. The largest absolute Gasteiger partial charge is 0.340 e. The van der Waals surface area contributed by atoms with Crippen molar-refractivity contribution in [3.8, 4) is 0 Å². The third-order valence-electron chi connectivity index (χ3n) is 5.47. The van der Waals surface area contributed by atoms with Gasteiger partial charge < -0.3 is 15.5 Å². The van der Waals surface area contributed by atoms with Crippen LogP contribution in [-0.2, 0) is 4.79 Å². The summed E-state index contributed by atoms with van der Waals surface area (Å²) in [4.78, 5) is 29.9. The van der Waals surface area contributed by atoms with Crippen LogP contribution in [0.1, 0.15) is 30.6 Å². The highest BCUT2D eigenvalue weighted by Crippen LogP contribution is 2.19. The fraction of sp³-hybridized carbons (Fsp3) is 0.600. The van der Waals surface area contributed by atoms with Gasteiger partial charge in [-0.05, 0) is 36.6 Å². The number of rotatable bonds is 5. The number of amides is 2. The summed E-state index contributed by atoms with van der Waals surface area (Å²) in [5, 5.41) is 6.20. The minimum Gasteiger partial charge on any atom is -0.340 e. The van der Waals surface area contributed by atoms with Gasteiger partial charge in [-0.1, -0.05) is 13.8 Å². The Morgan fingerprint density at radius 1 is 1.14 bits per heavy atom. The van der Waals surface area contributed by atoms with Gasteiger partial charge >= 0.3 is 0 Å². The number of hydrogen-bond donors (Lipinski definition) is 2. The lowest BCUT2D eigenvalue weighted by molar-refractivity contribution is -0.133. The average Bonchev–Trinajstić information content (AvgIpc) is 3.16. The van der Waals surface area contributed by atoms with Gasteiger partial charge in [-0.2, -0.15) is 0 Å². The maximum absolute atomic E-state index is 13.1. The topological polar surface area (TPSA) is 64.7 Å². The molecule has 0 aliphatic carbocycles. The summed E-state index contributed by atoms with van der Waals surface area (Å²) in [5.41, 5.74) is 0.356. The molecule has 8 heteroatoms. The first-order chi connectivity index (χ1) is 13.0. The van der Waals surface area contributed by atoms with Gasteiger partial charge in [0.15, 0.2) is 0 Å². The van der Waals surface area contributed by atoms with Crippen molar-refractivity contribution in [2.24, 2.45) is 5.92 Å². The number of hydrogen-bond acceptors (Lipinski definition) is 4. The third kappa shape index (κ3) is 5.43. The Hall–Kier alpha value is -1.70. The van der Waals surface area contributed by atoms with E-state index in [1.54, 1.807) is 0 Å². The summed E-state index contributed by atoms with van der Waals surface area (Å²) in [7, 11) is 0. The van der Waals surface area contributed by atoms with Crippen LogP contribution in [0.3, 0.4) is 0 Å². The van der Waals surface area contributed by atoms with Crippen LogP contribution in [0, 0.1) is 11.7 Å². The fourth-order valence-electron chi connectivity index (χ4n) is 3.82. The Balaban J connectivity index is 0.00000280. The molecule has 0 bridgehead atoms. The van der Waals surface area contributed by atoms with Gasteiger partial charge in [-0.25, -0.2) is 4.39 Å². The Morgan fingerprint density at radius 3 is 2.39 bits per heavy atom. The fourth-order valence-corrected chi connectivity index (χ4v) is 3.82. The zero-order valence-corrected chi connectivity index (χ0v) is 17.3. The summed E-state index contributed by atoms with van der Waals surface area (Å²) in [6, 6.07) is 5.19. The van der Waals surface area contributed by atoms with E-state index in [-0.39, 0.29) is 36.0 Å². The molecule has 156 valence electrons. The minimum atomic E-state index is -0.579. The van der Waals surface area contributed by atoms with E-state index in [1.165, 1.54) is 24.3 Å². The van der Waals surface area contributed by atoms with E-state index < -0.39 is 6.04 Å². The second kappa shape index (κ2) is 10.2. The van der Waals surface area contributed by atoms with E-state index in [1.807, 2.05) is 18.7 Å². The van der Waals surface area contributed by atoms with Crippen molar-refractivity contribution >= 4 is 24.2 Å². The molecule has 1 aromatic rings. The first-order valence-electron chi connectivity index (χ1n) is 9.75. The number of carbonyl (C=O) groups excluding carboxylic acids is 2. The summed E-state index contributed by atoms with van der Waals surface area (Å²) in [6.07, 6.45) is 0.975. The molecule has 2 unspecified atom stereocenters. The molecule has 2 atom stereocenters. The van der Waals surface area contributed by atoms with Gasteiger partial charge in [-0.15, -0.1) is 12.4 Å². The summed E-state index contributed by atoms with van der Waals surface area (Å²) in [6.45, 7) is 9.31. The van der Waals surface area contributed by atoms with Crippen LogP contribution in [0.5, 0.6) is 0 Å². The number of piperazine rings is 1. The molecule has 0 spiro atoms. The molecular formula is C20H30ClFN4O2. The predicted molar refractivity (Wildman–Crippen MR) is 109 cm³/mol. The predicted octanol–water partition coefficient (Wildman–Crippen LogP) is 1.51. The zero-order chi connectivity index (χ0) is 19.4. The number of benzene rings is 1. The highest BCUT2D eigenvalue weighted by Gasteiger charge is 2.35. The van der Waals surface area contributed by atoms with Gasteiger partial charge in [0.1, 0.15) is 11.9 Å². The Kier molecular flexibility index (Phi) is 8.22. The zero-order valence-electron chi connectivity index (χ0n) is 16.5. The van der Waals surface area contributed by atoms with E-state index in [2.05, 4.69) is 15.5 Å². The lowest BCUT2D eigenvalue weighted by Gasteiger charge is -2.33. The Labute approximate surface area is 172 Å². The van der Waals surface area contributed by atoms with Gasteiger partial charge in [-0.3, -0.25) is 14.5 Å². The minimum absolute atomic E-state index is 0. The molecule has 0 radical (unpaired) electrons. The van der Waals surface area contributed by atoms with Crippen LogP contribution < -0.4 is 10.6 Å². The van der Waals surface area contributed by atoms with Gasteiger partial charge in [0, 0.05) is 50.9 Å². The van der Waals surface area contributed by atoms with E-state index >= 15 is 0 Å². The lowest BCUT2D eigenvalue weighted by atomic mass is 10.0. The molecule has 3 rings (SSSR count). The van der Waals surface area contributed by atoms with Crippen molar-refractivity contribution in [3.63, 3.8) is 0 Å².